The van der Waals surface area contributed by atoms with Gasteiger partial charge < -0.3 is 5.32 Å². The Morgan fingerprint density at radius 1 is 0.931 bits per heavy atom. The van der Waals surface area contributed by atoms with E-state index in [9.17, 15) is 8.42 Å². The zero-order valence-electron chi connectivity index (χ0n) is 15.1. The van der Waals surface area contributed by atoms with Crippen LogP contribution in [0.4, 0.5) is 5.69 Å². The molecule has 1 aliphatic heterocycles. The van der Waals surface area contributed by atoms with E-state index >= 15 is 0 Å². The second-order valence-electron chi connectivity index (χ2n) is 6.42. The van der Waals surface area contributed by atoms with Crippen molar-refractivity contribution in [2.45, 2.75) is 17.9 Å². The van der Waals surface area contributed by atoms with Gasteiger partial charge in [-0.1, -0.05) is 53.5 Å². The summed E-state index contributed by atoms with van der Waals surface area (Å²) in [5, 5.41) is 4.25. The summed E-state index contributed by atoms with van der Waals surface area (Å²) in [5.74, 6) is 0.129. The summed E-state index contributed by atoms with van der Waals surface area (Å²) in [7, 11) is -3.76. The smallest absolute Gasteiger partial charge is 0.266 e. The number of pyridine rings is 1. The molecule has 9 heteroatoms. The predicted molar refractivity (Wildman–Crippen MR) is 115 cm³/mol. The molecule has 0 atom stereocenters. The van der Waals surface area contributed by atoms with Crippen molar-refractivity contribution >= 4 is 44.9 Å². The first kappa shape index (κ1) is 19.7. The third-order valence-electron chi connectivity index (χ3n) is 4.47. The fourth-order valence-electron chi connectivity index (χ4n) is 3.03. The third kappa shape index (κ3) is 4.22. The molecule has 0 amide bonds. The zero-order valence-corrected chi connectivity index (χ0v) is 17.4. The van der Waals surface area contributed by atoms with E-state index in [1.807, 2.05) is 30.3 Å². The lowest BCUT2D eigenvalue weighted by Crippen LogP contribution is -2.41. The van der Waals surface area contributed by atoms with Gasteiger partial charge in [-0.25, -0.2) is 18.1 Å². The number of sulfonamides is 1. The number of anilines is 1. The van der Waals surface area contributed by atoms with Gasteiger partial charge in [-0.2, -0.15) is 0 Å². The number of aromatic nitrogens is 1. The summed E-state index contributed by atoms with van der Waals surface area (Å²) in [4.78, 5) is 8.52. The van der Waals surface area contributed by atoms with Crippen molar-refractivity contribution in [3.63, 3.8) is 0 Å². The molecule has 0 radical (unpaired) electrons. The van der Waals surface area contributed by atoms with Gasteiger partial charge in [0.25, 0.3) is 10.0 Å². The number of halogens is 2. The predicted octanol–water partition coefficient (Wildman–Crippen LogP) is 4.24. The molecule has 1 aromatic heterocycles. The first-order valence-corrected chi connectivity index (χ1v) is 11.0. The molecule has 0 spiro atoms. The Kier molecular flexibility index (Phi) is 5.45. The second-order valence-corrected chi connectivity index (χ2v) is 8.89. The Hall–Kier alpha value is -2.61. The summed E-state index contributed by atoms with van der Waals surface area (Å²) in [6.07, 6.45) is 3.66. The van der Waals surface area contributed by atoms with Crippen molar-refractivity contribution in [2.24, 2.45) is 4.99 Å². The molecule has 1 aliphatic rings. The van der Waals surface area contributed by atoms with Crippen LogP contribution in [0, 0.1) is 0 Å². The molecule has 2 N–H and O–H groups in total. The van der Waals surface area contributed by atoms with Crippen LogP contribution in [-0.4, -0.2) is 19.4 Å². The van der Waals surface area contributed by atoms with Crippen LogP contribution in [0.15, 0.2) is 70.8 Å². The van der Waals surface area contributed by atoms with E-state index < -0.39 is 10.0 Å². The highest BCUT2D eigenvalue weighted by Crippen LogP contribution is 2.31. The minimum Gasteiger partial charge on any atom is -0.324 e. The minimum atomic E-state index is -3.76. The lowest BCUT2D eigenvalue weighted by Gasteiger charge is -2.24. The van der Waals surface area contributed by atoms with Crippen molar-refractivity contribution in [3.8, 4) is 0 Å². The van der Waals surface area contributed by atoms with Crippen LogP contribution >= 0.6 is 23.2 Å². The van der Waals surface area contributed by atoms with Crippen LogP contribution in [0.3, 0.4) is 0 Å². The van der Waals surface area contributed by atoms with Gasteiger partial charge in [-0.05, 0) is 29.3 Å². The van der Waals surface area contributed by atoms with E-state index in [0.717, 1.165) is 11.1 Å². The number of para-hydroxylation sites is 1. The van der Waals surface area contributed by atoms with Crippen LogP contribution in [0.25, 0.3) is 0 Å². The normalized spacial score (nSPS) is 16.0. The minimum absolute atomic E-state index is 0.129. The Labute approximate surface area is 178 Å². The molecule has 3 aromatic rings. The third-order valence-corrected chi connectivity index (χ3v) is 6.59. The number of nitrogens with zero attached hydrogens (tertiary/aromatic N) is 2. The first-order valence-electron chi connectivity index (χ1n) is 8.72. The summed E-state index contributed by atoms with van der Waals surface area (Å²) < 4.78 is 27.9. The maximum absolute atomic E-state index is 12.7. The number of hydrogen-bond acceptors (Lipinski definition) is 4. The average Bonchev–Trinajstić information content (AvgIpc) is 2.69. The molecular weight excluding hydrogens is 431 g/mol. The molecule has 2 heterocycles. The molecule has 0 bridgehead atoms. The van der Waals surface area contributed by atoms with Crippen LogP contribution in [-0.2, 0) is 23.0 Å². The zero-order chi connectivity index (χ0) is 20.4. The number of benzene rings is 2. The molecule has 0 saturated heterocycles. The summed E-state index contributed by atoms with van der Waals surface area (Å²) in [5.41, 5.74) is 2.88. The van der Waals surface area contributed by atoms with Crippen LogP contribution in [0.5, 0.6) is 0 Å². The summed E-state index contributed by atoms with van der Waals surface area (Å²) >= 11 is 12.4. The van der Waals surface area contributed by atoms with Gasteiger partial charge in [-0.15, -0.1) is 0 Å². The summed E-state index contributed by atoms with van der Waals surface area (Å²) in [6.45, 7) is 0.180. The number of rotatable bonds is 4. The van der Waals surface area contributed by atoms with Gasteiger partial charge in [0.1, 0.15) is 4.90 Å². The van der Waals surface area contributed by atoms with Gasteiger partial charge in [0.15, 0.2) is 0 Å². The van der Waals surface area contributed by atoms with E-state index in [4.69, 9.17) is 23.2 Å². The summed E-state index contributed by atoms with van der Waals surface area (Å²) in [6, 6.07) is 14.3. The van der Waals surface area contributed by atoms with Gasteiger partial charge >= 0.3 is 0 Å². The Morgan fingerprint density at radius 3 is 2.48 bits per heavy atom. The van der Waals surface area contributed by atoms with Crippen molar-refractivity contribution in [2.75, 3.05) is 5.32 Å². The lowest BCUT2D eigenvalue weighted by molar-refractivity contribution is 0.591. The van der Waals surface area contributed by atoms with Gasteiger partial charge in [0.05, 0.1) is 12.2 Å². The van der Waals surface area contributed by atoms with Crippen LogP contribution in [0.1, 0.15) is 16.7 Å². The SMILES string of the molecule is O=S1(=O)NC(=NCc2cnccc2Cl)Nc2c(Cc3ccccc3Cl)cccc21. The molecule has 2 aromatic carbocycles. The first-order chi connectivity index (χ1) is 13.9. The number of hydrogen-bond donors (Lipinski definition) is 2. The molecule has 29 heavy (non-hydrogen) atoms. The number of aliphatic imine (C=N–C) groups is 1. The van der Waals surface area contributed by atoms with Gasteiger partial charge in [-0.3, -0.25) is 4.98 Å². The van der Waals surface area contributed by atoms with Crippen molar-refractivity contribution in [3.05, 3.63) is 87.7 Å². The van der Waals surface area contributed by atoms with Crippen molar-refractivity contribution in [1.82, 2.24) is 9.71 Å². The monoisotopic (exact) mass is 446 g/mol. The number of nitrogens with one attached hydrogen (secondary N) is 2. The molecule has 4 rings (SSSR count). The van der Waals surface area contributed by atoms with E-state index in [1.165, 1.54) is 0 Å². The number of guanidine groups is 1. The second kappa shape index (κ2) is 8.02. The quantitative estimate of drug-likeness (QED) is 0.627. The molecule has 0 fully saturated rings. The molecule has 6 nitrogen and oxygen atoms in total. The molecule has 0 unspecified atom stereocenters. The number of fused-ring (bicyclic) bond motifs is 1. The standard InChI is InChI=1S/C20H16Cl2N4O2S/c21-16-6-2-1-4-13(16)10-14-5-3-7-18-19(14)25-20(26-29(18,27)28)24-12-15-11-23-9-8-17(15)22/h1-9,11H,10,12H2,(H2,24,25,26). The van der Waals surface area contributed by atoms with Crippen molar-refractivity contribution < 1.29 is 8.42 Å². The highest BCUT2D eigenvalue weighted by atomic mass is 35.5. The van der Waals surface area contributed by atoms with E-state index in [2.05, 4.69) is 20.0 Å². The van der Waals surface area contributed by atoms with Crippen LogP contribution in [0.2, 0.25) is 10.0 Å². The van der Waals surface area contributed by atoms with Crippen LogP contribution < -0.4 is 10.0 Å². The molecule has 0 aliphatic carbocycles. The Balaban J connectivity index is 1.69. The fourth-order valence-corrected chi connectivity index (χ4v) is 4.58. The van der Waals surface area contributed by atoms with Gasteiger partial charge in [0.2, 0.25) is 5.96 Å². The molecular formula is C20H16Cl2N4O2S. The maximum Gasteiger partial charge on any atom is 0.266 e. The molecule has 0 saturated carbocycles. The van der Waals surface area contributed by atoms with Crippen molar-refractivity contribution in [1.29, 1.82) is 0 Å². The highest BCUT2D eigenvalue weighted by molar-refractivity contribution is 7.90. The Morgan fingerprint density at radius 2 is 1.69 bits per heavy atom. The maximum atomic E-state index is 12.7. The molecule has 148 valence electrons. The largest absolute Gasteiger partial charge is 0.324 e. The highest BCUT2D eigenvalue weighted by Gasteiger charge is 2.28. The lowest BCUT2D eigenvalue weighted by atomic mass is 10.0. The Bertz CT molecular complexity index is 1210. The fraction of sp³-hybridized carbons (Fsp3) is 0.100. The van der Waals surface area contributed by atoms with Gasteiger partial charge in [0, 0.05) is 34.4 Å². The van der Waals surface area contributed by atoms with E-state index in [0.29, 0.717) is 27.7 Å². The average molecular weight is 447 g/mol. The van der Waals surface area contributed by atoms with E-state index in [-0.39, 0.29) is 17.4 Å². The topological polar surface area (TPSA) is 83.5 Å². The van der Waals surface area contributed by atoms with E-state index in [1.54, 1.807) is 30.6 Å².